The predicted molar refractivity (Wildman–Crippen MR) is 85.0 cm³/mol. The highest BCUT2D eigenvalue weighted by atomic mass is 35.5. The summed E-state index contributed by atoms with van der Waals surface area (Å²) in [5.41, 5.74) is 1.58. The minimum absolute atomic E-state index is 0.195. The lowest BCUT2D eigenvalue weighted by atomic mass is 10.2. The number of pyridine rings is 2. The number of nitrogens with one attached hydrogen (secondary N) is 2. The zero-order chi connectivity index (χ0) is 15.2. The van der Waals surface area contributed by atoms with E-state index < -0.39 is 0 Å². The second kappa shape index (κ2) is 7.04. The Balaban J connectivity index is 2.20. The Morgan fingerprint density at radius 2 is 2.14 bits per heavy atom. The number of amides is 1. The van der Waals surface area contributed by atoms with E-state index in [1.807, 2.05) is 6.92 Å². The molecule has 1 amide bonds. The summed E-state index contributed by atoms with van der Waals surface area (Å²) < 4.78 is 0. The van der Waals surface area contributed by atoms with Crippen molar-refractivity contribution in [1.29, 1.82) is 0 Å². The van der Waals surface area contributed by atoms with E-state index in [4.69, 9.17) is 11.6 Å². The van der Waals surface area contributed by atoms with Gasteiger partial charge in [-0.1, -0.05) is 18.5 Å². The maximum atomic E-state index is 12.3. The van der Waals surface area contributed by atoms with Crippen LogP contribution in [0.1, 0.15) is 29.5 Å². The van der Waals surface area contributed by atoms with Crippen molar-refractivity contribution in [1.82, 2.24) is 9.97 Å². The lowest BCUT2D eigenvalue weighted by molar-refractivity contribution is 0.102. The molecule has 0 saturated heterocycles. The van der Waals surface area contributed by atoms with E-state index >= 15 is 0 Å². The Hall–Kier alpha value is -2.14. The number of carbonyl (C=O) groups excluding carboxylic acids is 1. The van der Waals surface area contributed by atoms with E-state index in [-0.39, 0.29) is 11.6 Å². The Morgan fingerprint density at radius 1 is 1.33 bits per heavy atom. The normalized spacial score (nSPS) is 10.2. The van der Waals surface area contributed by atoms with Gasteiger partial charge in [-0.15, -0.1) is 0 Å². The molecule has 2 rings (SSSR count). The molecular formula is C15H17ClN4O. The monoisotopic (exact) mass is 304 g/mol. The first-order chi connectivity index (χ1) is 10.1. The molecule has 2 heterocycles. The molecule has 0 aromatic carbocycles. The van der Waals surface area contributed by atoms with Crippen molar-refractivity contribution in [3.63, 3.8) is 0 Å². The van der Waals surface area contributed by atoms with Crippen molar-refractivity contribution >= 4 is 29.0 Å². The summed E-state index contributed by atoms with van der Waals surface area (Å²) in [6.07, 6.45) is 2.65. The molecule has 0 aliphatic heterocycles. The van der Waals surface area contributed by atoms with Gasteiger partial charge in [-0.2, -0.15) is 0 Å². The number of hydrogen-bond acceptors (Lipinski definition) is 4. The van der Waals surface area contributed by atoms with E-state index in [0.717, 1.165) is 18.7 Å². The minimum Gasteiger partial charge on any atom is -0.370 e. The number of halogens is 1. The second-order valence-corrected chi connectivity index (χ2v) is 4.95. The zero-order valence-corrected chi connectivity index (χ0v) is 12.7. The van der Waals surface area contributed by atoms with Crippen LogP contribution >= 0.6 is 11.6 Å². The maximum Gasteiger partial charge on any atom is 0.275 e. The van der Waals surface area contributed by atoms with Gasteiger partial charge in [0.25, 0.3) is 5.91 Å². The number of aromatic nitrogens is 2. The van der Waals surface area contributed by atoms with Gasteiger partial charge in [-0.05, 0) is 37.6 Å². The second-order valence-electron chi connectivity index (χ2n) is 4.54. The number of hydrogen-bond donors (Lipinski definition) is 2. The molecule has 0 radical (unpaired) electrons. The zero-order valence-electron chi connectivity index (χ0n) is 12.0. The first kappa shape index (κ1) is 15.3. The highest BCUT2D eigenvalue weighted by molar-refractivity contribution is 6.34. The summed E-state index contributed by atoms with van der Waals surface area (Å²) >= 11 is 6.06. The fourth-order valence-corrected chi connectivity index (χ4v) is 1.94. The van der Waals surface area contributed by atoms with Gasteiger partial charge in [0.15, 0.2) is 0 Å². The summed E-state index contributed by atoms with van der Waals surface area (Å²) in [5, 5.41) is 6.22. The van der Waals surface area contributed by atoms with Gasteiger partial charge in [0.05, 0.1) is 16.4 Å². The fourth-order valence-electron chi connectivity index (χ4n) is 1.75. The van der Waals surface area contributed by atoms with Gasteiger partial charge in [-0.25, -0.2) is 4.98 Å². The molecule has 6 heteroatoms. The van der Waals surface area contributed by atoms with Crippen LogP contribution in [-0.4, -0.2) is 22.4 Å². The first-order valence-electron chi connectivity index (χ1n) is 6.75. The van der Waals surface area contributed by atoms with E-state index in [9.17, 15) is 4.79 Å². The van der Waals surface area contributed by atoms with Crippen molar-refractivity contribution in [2.24, 2.45) is 0 Å². The Labute approximate surface area is 128 Å². The van der Waals surface area contributed by atoms with Crippen LogP contribution in [0.25, 0.3) is 0 Å². The third-order valence-electron chi connectivity index (χ3n) is 2.87. The minimum atomic E-state index is -0.351. The lowest BCUT2D eigenvalue weighted by Crippen LogP contribution is -2.16. The highest BCUT2D eigenvalue weighted by Crippen LogP contribution is 2.19. The summed E-state index contributed by atoms with van der Waals surface area (Å²) in [7, 11) is 0. The van der Waals surface area contributed by atoms with Crippen molar-refractivity contribution in [3.05, 3.63) is 46.9 Å². The molecule has 0 spiro atoms. The molecule has 0 atom stereocenters. The van der Waals surface area contributed by atoms with Crippen LogP contribution < -0.4 is 10.6 Å². The molecule has 2 aromatic heterocycles. The molecule has 2 aromatic rings. The molecule has 5 nitrogen and oxygen atoms in total. The lowest BCUT2D eigenvalue weighted by Gasteiger charge is -2.10. The maximum absolute atomic E-state index is 12.3. The molecule has 0 fully saturated rings. The summed E-state index contributed by atoms with van der Waals surface area (Å²) in [4.78, 5) is 20.7. The molecule has 2 N–H and O–H groups in total. The van der Waals surface area contributed by atoms with Gasteiger partial charge in [0.1, 0.15) is 11.5 Å². The quantitative estimate of drug-likeness (QED) is 0.887. The molecule has 0 aliphatic carbocycles. The molecule has 0 bridgehead atoms. The van der Waals surface area contributed by atoms with Crippen molar-refractivity contribution in [2.45, 2.75) is 20.3 Å². The molecule has 0 saturated carbocycles. The van der Waals surface area contributed by atoms with Crippen LogP contribution in [0.5, 0.6) is 0 Å². The predicted octanol–water partition coefficient (Wildman–Crippen LogP) is 3.51. The van der Waals surface area contributed by atoms with Gasteiger partial charge < -0.3 is 10.6 Å². The number of nitrogens with zero attached hydrogens (tertiary/aromatic N) is 2. The van der Waals surface area contributed by atoms with Crippen LogP contribution in [0.4, 0.5) is 11.5 Å². The summed E-state index contributed by atoms with van der Waals surface area (Å²) in [6, 6.07) is 6.96. The summed E-state index contributed by atoms with van der Waals surface area (Å²) in [5.74, 6) is 0.283. The first-order valence-corrected chi connectivity index (χ1v) is 7.13. The highest BCUT2D eigenvalue weighted by Gasteiger charge is 2.14. The fraction of sp³-hybridized carbons (Fsp3) is 0.267. The largest absolute Gasteiger partial charge is 0.370 e. The van der Waals surface area contributed by atoms with Gasteiger partial charge >= 0.3 is 0 Å². The van der Waals surface area contributed by atoms with Crippen molar-refractivity contribution in [3.8, 4) is 0 Å². The number of rotatable bonds is 5. The molecule has 0 aliphatic rings. The number of carbonyl (C=O) groups is 1. The number of anilines is 2. The topological polar surface area (TPSA) is 66.9 Å². The van der Waals surface area contributed by atoms with E-state index in [1.165, 1.54) is 0 Å². The van der Waals surface area contributed by atoms with Crippen LogP contribution in [0, 0.1) is 6.92 Å². The summed E-state index contributed by atoms with van der Waals surface area (Å²) in [6.45, 7) is 4.67. The van der Waals surface area contributed by atoms with Gasteiger partial charge in [-0.3, -0.25) is 9.78 Å². The molecule has 0 unspecified atom stereocenters. The van der Waals surface area contributed by atoms with Gasteiger partial charge in [0.2, 0.25) is 0 Å². The van der Waals surface area contributed by atoms with E-state index in [2.05, 4.69) is 27.5 Å². The Morgan fingerprint density at radius 3 is 2.86 bits per heavy atom. The molecule has 21 heavy (non-hydrogen) atoms. The third-order valence-corrected chi connectivity index (χ3v) is 3.18. The average Bonchev–Trinajstić information content (AvgIpc) is 2.48. The SMILES string of the molecule is CCCNc1ccc(Cl)c(C(=O)Nc2cccnc2C)n1. The smallest absolute Gasteiger partial charge is 0.275 e. The van der Waals surface area contributed by atoms with Crippen LogP contribution in [-0.2, 0) is 0 Å². The van der Waals surface area contributed by atoms with E-state index in [0.29, 0.717) is 16.5 Å². The Bertz CT molecular complexity index is 645. The van der Waals surface area contributed by atoms with Crippen LogP contribution in [0.15, 0.2) is 30.5 Å². The average molecular weight is 305 g/mol. The number of aryl methyl sites for hydroxylation is 1. The Kier molecular flexibility index (Phi) is 5.11. The standard InChI is InChI=1S/C15H17ClN4O/c1-3-8-18-13-7-6-11(16)14(20-13)15(21)19-12-5-4-9-17-10(12)2/h4-7,9H,3,8H2,1-2H3,(H,18,20)(H,19,21). The van der Waals surface area contributed by atoms with Crippen molar-refractivity contribution < 1.29 is 4.79 Å². The van der Waals surface area contributed by atoms with E-state index in [1.54, 1.807) is 30.5 Å². The molecule has 110 valence electrons. The van der Waals surface area contributed by atoms with Crippen LogP contribution in [0.2, 0.25) is 5.02 Å². The molecular weight excluding hydrogens is 288 g/mol. The third kappa shape index (κ3) is 3.92. The van der Waals surface area contributed by atoms with Gasteiger partial charge in [0, 0.05) is 12.7 Å². The van der Waals surface area contributed by atoms with Crippen molar-refractivity contribution in [2.75, 3.05) is 17.2 Å². The van der Waals surface area contributed by atoms with Crippen LogP contribution in [0.3, 0.4) is 0 Å².